The number of rotatable bonds is 4. The van der Waals surface area contributed by atoms with Crippen molar-refractivity contribution in [1.29, 1.82) is 0 Å². The molecule has 0 aliphatic heterocycles. The summed E-state index contributed by atoms with van der Waals surface area (Å²) in [6, 6.07) is 13.7. The summed E-state index contributed by atoms with van der Waals surface area (Å²) in [5.74, 6) is 0.628. The van der Waals surface area contributed by atoms with Crippen molar-refractivity contribution in [3.8, 4) is 0 Å². The van der Waals surface area contributed by atoms with E-state index < -0.39 is 0 Å². The van der Waals surface area contributed by atoms with Crippen LogP contribution < -0.4 is 0 Å². The van der Waals surface area contributed by atoms with Crippen molar-refractivity contribution in [3.05, 3.63) is 76.4 Å². The van der Waals surface area contributed by atoms with Gasteiger partial charge in [0.1, 0.15) is 0 Å². The van der Waals surface area contributed by atoms with Gasteiger partial charge in [-0.3, -0.25) is 0 Å². The second-order valence-corrected chi connectivity index (χ2v) is 11.3. The molecule has 0 nitrogen and oxygen atoms in total. The summed E-state index contributed by atoms with van der Waals surface area (Å²) < 4.78 is 0. The topological polar surface area (TPSA) is 0 Å². The largest absolute Gasteiger partial charge is 0.0955 e. The quantitative estimate of drug-likeness (QED) is 0.420. The summed E-state index contributed by atoms with van der Waals surface area (Å²) in [6.45, 7) is 36.8. The highest BCUT2D eigenvalue weighted by Crippen LogP contribution is 2.43. The predicted molar refractivity (Wildman–Crippen MR) is 160 cm³/mol. The Morgan fingerprint density at radius 1 is 0.794 bits per heavy atom. The van der Waals surface area contributed by atoms with Crippen molar-refractivity contribution in [2.45, 2.75) is 123 Å². The Kier molecular flexibility index (Phi) is 16.1. The molecular formula is C34H58. The van der Waals surface area contributed by atoms with Gasteiger partial charge in [-0.05, 0) is 85.1 Å². The van der Waals surface area contributed by atoms with Gasteiger partial charge in [0.15, 0.2) is 0 Å². The van der Waals surface area contributed by atoms with Gasteiger partial charge in [-0.2, -0.15) is 0 Å². The second-order valence-electron chi connectivity index (χ2n) is 11.3. The monoisotopic (exact) mass is 466 g/mol. The van der Waals surface area contributed by atoms with Crippen LogP contribution in [0.15, 0.2) is 43.0 Å². The normalized spacial score (nSPS) is 11.6. The summed E-state index contributed by atoms with van der Waals surface area (Å²) in [5, 5.41) is 0. The summed E-state index contributed by atoms with van der Waals surface area (Å²) in [4.78, 5) is 0. The molecule has 0 bridgehead atoms. The maximum Gasteiger partial charge on any atom is -0.0108 e. The Balaban J connectivity index is 0. The van der Waals surface area contributed by atoms with Crippen molar-refractivity contribution in [2.75, 3.05) is 0 Å². The molecule has 0 heteroatoms. The highest BCUT2D eigenvalue weighted by atomic mass is 14.3. The van der Waals surface area contributed by atoms with Crippen LogP contribution in [0.25, 0.3) is 5.57 Å². The molecule has 0 saturated carbocycles. The standard InChI is InChI=1S/C18H30.C12H16.2C2H6/c1-8-14-9-11-15(12-10-14)16(18(5,6)7)13-17(2,3)4;1-8(2)12-10(4)6-9(3)7-11(12)5;2*1-2/h9-12,16H,8,13H2,1-7H3;6-7H,1H2,2-5H3;2*1-2H3. The third-order valence-corrected chi connectivity index (χ3v) is 5.76. The Morgan fingerprint density at radius 3 is 1.50 bits per heavy atom. The molecule has 0 N–H and O–H groups in total. The van der Waals surface area contributed by atoms with Gasteiger partial charge >= 0.3 is 0 Å². The van der Waals surface area contributed by atoms with Crippen LogP contribution in [-0.4, -0.2) is 0 Å². The third-order valence-electron chi connectivity index (χ3n) is 5.76. The fourth-order valence-electron chi connectivity index (χ4n) is 4.38. The molecule has 2 rings (SSSR count). The van der Waals surface area contributed by atoms with E-state index >= 15 is 0 Å². The van der Waals surface area contributed by atoms with Crippen LogP contribution in [0, 0.1) is 31.6 Å². The molecule has 34 heavy (non-hydrogen) atoms. The lowest BCUT2D eigenvalue weighted by atomic mass is 9.69. The first-order chi connectivity index (χ1) is 15.7. The van der Waals surface area contributed by atoms with Crippen molar-refractivity contribution in [3.63, 3.8) is 0 Å². The summed E-state index contributed by atoms with van der Waals surface area (Å²) >= 11 is 0. The van der Waals surface area contributed by atoms with Crippen LogP contribution in [0.4, 0.5) is 0 Å². The number of aryl methyl sites for hydroxylation is 4. The Morgan fingerprint density at radius 2 is 1.21 bits per heavy atom. The molecule has 2 aromatic rings. The van der Waals surface area contributed by atoms with Gasteiger partial charge in [0, 0.05) is 0 Å². The fourth-order valence-corrected chi connectivity index (χ4v) is 4.38. The van der Waals surface area contributed by atoms with Crippen molar-refractivity contribution in [2.24, 2.45) is 10.8 Å². The van der Waals surface area contributed by atoms with E-state index in [1.165, 1.54) is 39.8 Å². The molecule has 0 fully saturated rings. The van der Waals surface area contributed by atoms with Crippen molar-refractivity contribution >= 4 is 5.57 Å². The van der Waals surface area contributed by atoms with E-state index in [-0.39, 0.29) is 0 Å². The molecule has 0 heterocycles. The highest BCUT2D eigenvalue weighted by molar-refractivity contribution is 5.67. The SMILES string of the molecule is C=C(C)c1c(C)cc(C)cc1C.CC.CC.CCc1ccc(C(CC(C)(C)C)C(C)(C)C)cc1. The second kappa shape index (κ2) is 16.0. The predicted octanol–water partition coefficient (Wildman–Crippen LogP) is 11.5. The molecule has 1 unspecified atom stereocenters. The third kappa shape index (κ3) is 12.6. The molecule has 0 aliphatic rings. The first-order valence-electron chi connectivity index (χ1n) is 13.5. The summed E-state index contributed by atoms with van der Waals surface area (Å²) in [7, 11) is 0. The van der Waals surface area contributed by atoms with E-state index in [1.807, 2.05) is 27.7 Å². The van der Waals surface area contributed by atoms with Crippen LogP contribution >= 0.6 is 0 Å². The Hall–Kier alpha value is -1.82. The minimum Gasteiger partial charge on any atom is -0.0955 e. The van der Waals surface area contributed by atoms with Crippen molar-refractivity contribution in [1.82, 2.24) is 0 Å². The molecule has 0 radical (unpaired) electrons. The van der Waals surface area contributed by atoms with E-state index in [4.69, 9.17) is 0 Å². The lowest BCUT2D eigenvalue weighted by molar-refractivity contribution is 0.229. The number of hydrogen-bond acceptors (Lipinski definition) is 0. The minimum atomic E-state index is 0.320. The average Bonchev–Trinajstić information content (AvgIpc) is 2.73. The van der Waals surface area contributed by atoms with Gasteiger partial charge in [-0.15, -0.1) is 0 Å². The Bertz CT molecular complexity index is 797. The van der Waals surface area contributed by atoms with Crippen LogP contribution in [0.2, 0.25) is 0 Å². The van der Waals surface area contributed by atoms with E-state index in [0.717, 1.165) is 12.0 Å². The van der Waals surface area contributed by atoms with E-state index in [2.05, 4.69) is 119 Å². The zero-order valence-electron chi connectivity index (χ0n) is 25.7. The number of benzene rings is 2. The number of allylic oxidation sites excluding steroid dienone is 1. The van der Waals surface area contributed by atoms with Gasteiger partial charge in [0.2, 0.25) is 0 Å². The van der Waals surface area contributed by atoms with Crippen molar-refractivity contribution < 1.29 is 0 Å². The smallest absolute Gasteiger partial charge is 0.0108 e. The average molecular weight is 467 g/mol. The summed E-state index contributed by atoms with van der Waals surface area (Å²) in [6.07, 6.45) is 2.36. The Labute approximate surface area is 215 Å². The first-order valence-corrected chi connectivity index (χ1v) is 13.5. The van der Waals surface area contributed by atoms with Crippen LogP contribution in [0.1, 0.15) is 129 Å². The zero-order valence-corrected chi connectivity index (χ0v) is 25.7. The van der Waals surface area contributed by atoms with Crippen LogP contribution in [-0.2, 0) is 6.42 Å². The lowest BCUT2D eigenvalue weighted by Crippen LogP contribution is -2.23. The molecule has 1 atom stereocenters. The molecule has 0 saturated heterocycles. The van der Waals surface area contributed by atoms with Gasteiger partial charge in [0.25, 0.3) is 0 Å². The molecule has 0 aliphatic carbocycles. The van der Waals surface area contributed by atoms with E-state index in [9.17, 15) is 0 Å². The fraction of sp³-hybridized carbons (Fsp3) is 0.588. The molecule has 2 aromatic carbocycles. The van der Waals surface area contributed by atoms with Gasteiger partial charge in [-0.1, -0.05) is 130 Å². The molecule has 0 amide bonds. The highest BCUT2D eigenvalue weighted by Gasteiger charge is 2.30. The van der Waals surface area contributed by atoms with Gasteiger partial charge in [0.05, 0.1) is 0 Å². The zero-order chi connectivity index (χ0) is 27.3. The number of hydrogen-bond donors (Lipinski definition) is 0. The molecule has 194 valence electrons. The van der Waals surface area contributed by atoms with Crippen LogP contribution in [0.3, 0.4) is 0 Å². The molecule has 0 spiro atoms. The first kappa shape index (κ1) is 34.3. The lowest BCUT2D eigenvalue weighted by Gasteiger charge is -2.36. The molecule has 0 aromatic heterocycles. The maximum atomic E-state index is 3.98. The van der Waals surface area contributed by atoms with E-state index in [1.54, 1.807) is 0 Å². The molecular weight excluding hydrogens is 408 g/mol. The minimum absolute atomic E-state index is 0.320. The van der Waals surface area contributed by atoms with Gasteiger partial charge < -0.3 is 0 Å². The summed E-state index contributed by atoms with van der Waals surface area (Å²) in [5.41, 5.74) is 10.1. The van der Waals surface area contributed by atoms with Crippen LogP contribution in [0.5, 0.6) is 0 Å². The van der Waals surface area contributed by atoms with E-state index in [0.29, 0.717) is 16.7 Å². The van der Waals surface area contributed by atoms with Gasteiger partial charge in [-0.25, -0.2) is 0 Å². The maximum absolute atomic E-state index is 3.98.